The van der Waals surface area contributed by atoms with E-state index in [0.29, 0.717) is 11.0 Å². The molecule has 2 aromatic rings. The molecule has 0 saturated heterocycles. The fourth-order valence-electron chi connectivity index (χ4n) is 1.66. The van der Waals surface area contributed by atoms with Crippen molar-refractivity contribution in [1.82, 2.24) is 4.98 Å². The molecule has 7 nitrogen and oxygen atoms in total. The number of nitro benzene ring substituents is 1. The highest BCUT2D eigenvalue weighted by Gasteiger charge is 2.20. The number of rotatable bonds is 5. The highest BCUT2D eigenvalue weighted by atomic mass is 35.5. The quantitative estimate of drug-likeness (QED) is 0.495. The van der Waals surface area contributed by atoms with Crippen LogP contribution in [-0.4, -0.2) is 21.1 Å². The normalized spacial score (nSPS) is 12.0. The Bertz CT molecular complexity index is 743. The predicted molar refractivity (Wildman–Crippen MR) is 88.0 cm³/mol. The molecule has 0 fully saturated rings. The molecular formula is C14H14ClN3O4S. The number of amides is 1. The summed E-state index contributed by atoms with van der Waals surface area (Å²) in [5.74, 6) is 0.341. The summed E-state index contributed by atoms with van der Waals surface area (Å²) < 4.78 is 5.42. The Balaban J connectivity index is 2.09. The molecule has 1 N–H and O–H groups in total. The van der Waals surface area contributed by atoms with Crippen LogP contribution in [0.15, 0.2) is 27.8 Å². The molecule has 0 aliphatic heterocycles. The summed E-state index contributed by atoms with van der Waals surface area (Å²) >= 11 is 7.11. The van der Waals surface area contributed by atoms with E-state index < -0.39 is 10.2 Å². The highest BCUT2D eigenvalue weighted by Crippen LogP contribution is 2.29. The molecule has 1 unspecified atom stereocenters. The van der Waals surface area contributed by atoms with Crippen molar-refractivity contribution >= 4 is 40.6 Å². The van der Waals surface area contributed by atoms with Gasteiger partial charge >= 0.3 is 0 Å². The third-order valence-electron chi connectivity index (χ3n) is 3.07. The summed E-state index contributed by atoms with van der Waals surface area (Å²) in [5.41, 5.74) is 0.809. The van der Waals surface area contributed by atoms with Crippen LogP contribution in [0.3, 0.4) is 0 Å². The Labute approximate surface area is 141 Å². The minimum absolute atomic E-state index is 0.149. The number of non-ortho nitro benzene ring substituents is 1. The zero-order chi connectivity index (χ0) is 17.1. The maximum Gasteiger partial charge on any atom is 0.271 e. The van der Waals surface area contributed by atoms with E-state index in [-0.39, 0.29) is 22.3 Å². The van der Waals surface area contributed by atoms with Gasteiger partial charge in [0.15, 0.2) is 0 Å². The second-order valence-corrected chi connectivity index (χ2v) is 6.49. The number of thioether (sulfide) groups is 1. The lowest BCUT2D eigenvalue weighted by Gasteiger charge is -2.11. The van der Waals surface area contributed by atoms with E-state index in [9.17, 15) is 14.9 Å². The molecule has 0 aliphatic carbocycles. The molecule has 23 heavy (non-hydrogen) atoms. The van der Waals surface area contributed by atoms with E-state index in [1.54, 1.807) is 13.8 Å². The van der Waals surface area contributed by atoms with E-state index >= 15 is 0 Å². The molecule has 0 bridgehead atoms. The zero-order valence-electron chi connectivity index (χ0n) is 12.6. The first-order valence-corrected chi connectivity index (χ1v) is 7.89. The first-order valence-electron chi connectivity index (χ1n) is 6.63. The maximum atomic E-state index is 12.2. The van der Waals surface area contributed by atoms with Crippen molar-refractivity contribution in [2.75, 3.05) is 5.32 Å². The Morgan fingerprint density at radius 3 is 2.74 bits per heavy atom. The summed E-state index contributed by atoms with van der Waals surface area (Å²) in [7, 11) is 0. The lowest BCUT2D eigenvalue weighted by molar-refractivity contribution is -0.384. The topological polar surface area (TPSA) is 98.3 Å². The Morgan fingerprint density at radius 1 is 1.48 bits per heavy atom. The average Bonchev–Trinajstić information content (AvgIpc) is 2.79. The number of benzene rings is 1. The van der Waals surface area contributed by atoms with Gasteiger partial charge in [0.25, 0.3) is 10.9 Å². The van der Waals surface area contributed by atoms with Crippen LogP contribution in [0.1, 0.15) is 18.4 Å². The molecule has 1 atom stereocenters. The molecular weight excluding hydrogens is 342 g/mol. The first kappa shape index (κ1) is 17.3. The monoisotopic (exact) mass is 355 g/mol. The van der Waals surface area contributed by atoms with Crippen LogP contribution in [0.25, 0.3) is 0 Å². The van der Waals surface area contributed by atoms with E-state index in [1.165, 1.54) is 18.2 Å². The van der Waals surface area contributed by atoms with Gasteiger partial charge in [-0.05, 0) is 26.8 Å². The number of carbonyl (C=O) groups is 1. The number of nitro groups is 1. The number of nitrogens with one attached hydrogen (secondary N) is 1. The Kier molecular flexibility index (Phi) is 5.27. The highest BCUT2D eigenvalue weighted by molar-refractivity contribution is 8.00. The molecule has 122 valence electrons. The molecule has 0 spiro atoms. The van der Waals surface area contributed by atoms with Crippen molar-refractivity contribution in [3.8, 4) is 0 Å². The van der Waals surface area contributed by atoms with E-state index in [2.05, 4.69) is 10.3 Å². The Hall–Kier alpha value is -2.06. The third kappa shape index (κ3) is 4.23. The zero-order valence-corrected chi connectivity index (χ0v) is 14.2. The van der Waals surface area contributed by atoms with Crippen LogP contribution in [0, 0.1) is 24.0 Å². The number of hydrogen-bond donors (Lipinski definition) is 1. The van der Waals surface area contributed by atoms with Crippen LogP contribution >= 0.6 is 23.4 Å². The molecule has 9 heteroatoms. The SMILES string of the molecule is Cc1nc(SC(C)C(=O)Nc2cc([N+](=O)[O-])ccc2Cl)oc1C. The minimum Gasteiger partial charge on any atom is -0.437 e. The van der Waals surface area contributed by atoms with Gasteiger partial charge in [0.1, 0.15) is 5.76 Å². The van der Waals surface area contributed by atoms with E-state index in [4.69, 9.17) is 16.0 Å². The van der Waals surface area contributed by atoms with E-state index in [1.807, 2.05) is 6.92 Å². The van der Waals surface area contributed by atoms with Crippen LogP contribution < -0.4 is 5.32 Å². The molecule has 1 aromatic heterocycles. The van der Waals surface area contributed by atoms with Crippen LogP contribution in [0.4, 0.5) is 11.4 Å². The number of aryl methyl sites for hydroxylation is 2. The van der Waals surface area contributed by atoms with Crippen molar-refractivity contribution < 1.29 is 14.1 Å². The fraction of sp³-hybridized carbons (Fsp3) is 0.286. The predicted octanol–water partition coefficient (Wildman–Crippen LogP) is 3.97. The number of oxazole rings is 1. The van der Waals surface area contributed by atoms with Crippen LogP contribution in [0.2, 0.25) is 5.02 Å². The third-order valence-corrected chi connectivity index (χ3v) is 4.35. The second kappa shape index (κ2) is 7.01. The summed E-state index contributed by atoms with van der Waals surface area (Å²) in [5, 5.41) is 13.5. The molecule has 2 rings (SSSR count). The number of carbonyl (C=O) groups excluding carboxylic acids is 1. The number of anilines is 1. The van der Waals surface area contributed by atoms with E-state index in [0.717, 1.165) is 17.5 Å². The molecule has 1 aromatic carbocycles. The van der Waals surface area contributed by atoms with Crippen molar-refractivity contribution in [3.63, 3.8) is 0 Å². The van der Waals surface area contributed by atoms with Gasteiger partial charge in [-0.1, -0.05) is 23.4 Å². The van der Waals surface area contributed by atoms with Crippen LogP contribution in [-0.2, 0) is 4.79 Å². The summed E-state index contributed by atoms with van der Waals surface area (Å²) in [6.45, 7) is 5.29. The van der Waals surface area contributed by atoms with Crippen molar-refractivity contribution in [1.29, 1.82) is 0 Å². The van der Waals surface area contributed by atoms with Gasteiger partial charge in [0.05, 0.1) is 26.6 Å². The van der Waals surface area contributed by atoms with Gasteiger partial charge in [-0.25, -0.2) is 4.98 Å². The van der Waals surface area contributed by atoms with Crippen LogP contribution in [0.5, 0.6) is 0 Å². The van der Waals surface area contributed by atoms with Gasteiger partial charge < -0.3 is 9.73 Å². The van der Waals surface area contributed by atoms with Gasteiger partial charge in [-0.3, -0.25) is 14.9 Å². The molecule has 0 saturated carbocycles. The standard InChI is InChI=1S/C14H14ClN3O4S/c1-7-8(2)22-14(16-7)23-9(3)13(19)17-12-6-10(18(20)21)4-5-11(12)15/h4-6,9H,1-3H3,(H,17,19). The van der Waals surface area contributed by atoms with Gasteiger partial charge in [-0.2, -0.15) is 0 Å². The van der Waals surface area contributed by atoms with Crippen molar-refractivity contribution in [2.24, 2.45) is 0 Å². The molecule has 1 amide bonds. The number of halogens is 1. The Morgan fingerprint density at radius 2 is 2.17 bits per heavy atom. The maximum absolute atomic E-state index is 12.2. The number of aromatic nitrogens is 1. The van der Waals surface area contributed by atoms with Gasteiger partial charge in [0, 0.05) is 12.1 Å². The first-order chi connectivity index (χ1) is 10.8. The lowest BCUT2D eigenvalue weighted by atomic mass is 10.2. The molecule has 1 heterocycles. The number of hydrogen-bond acceptors (Lipinski definition) is 6. The van der Waals surface area contributed by atoms with Crippen molar-refractivity contribution in [3.05, 3.63) is 44.8 Å². The fourth-order valence-corrected chi connectivity index (χ4v) is 2.65. The summed E-state index contributed by atoms with van der Waals surface area (Å²) in [6, 6.07) is 3.86. The molecule has 0 radical (unpaired) electrons. The van der Waals surface area contributed by atoms with Crippen molar-refractivity contribution in [2.45, 2.75) is 31.2 Å². The second-order valence-electron chi connectivity index (χ2n) is 4.79. The summed E-state index contributed by atoms with van der Waals surface area (Å²) in [6.07, 6.45) is 0. The largest absolute Gasteiger partial charge is 0.437 e. The summed E-state index contributed by atoms with van der Waals surface area (Å²) in [4.78, 5) is 26.6. The smallest absolute Gasteiger partial charge is 0.271 e. The lowest BCUT2D eigenvalue weighted by Crippen LogP contribution is -2.22. The minimum atomic E-state index is -0.553. The molecule has 0 aliphatic rings. The average molecular weight is 356 g/mol. The van der Waals surface area contributed by atoms with Gasteiger partial charge in [0.2, 0.25) is 5.91 Å². The van der Waals surface area contributed by atoms with Gasteiger partial charge in [-0.15, -0.1) is 0 Å². The number of nitrogens with zero attached hydrogens (tertiary/aromatic N) is 2.